The number of nitrogens with zero attached hydrogens (tertiary/aromatic N) is 3. The molecule has 0 radical (unpaired) electrons. The van der Waals surface area contributed by atoms with E-state index in [9.17, 15) is 19.3 Å². The number of halogens is 1. The molecule has 1 heterocycles. The summed E-state index contributed by atoms with van der Waals surface area (Å²) in [5.74, 6) is -2.50. The van der Waals surface area contributed by atoms with Gasteiger partial charge >= 0.3 is 11.8 Å². The number of aromatic carboxylic acids is 1. The van der Waals surface area contributed by atoms with Crippen LogP contribution in [-0.4, -0.2) is 25.6 Å². The summed E-state index contributed by atoms with van der Waals surface area (Å²) < 4.78 is 14.8. The molecule has 0 bridgehead atoms. The second-order valence-electron chi connectivity index (χ2n) is 3.78. The second-order valence-corrected chi connectivity index (χ2v) is 3.78. The lowest BCUT2D eigenvalue weighted by Crippen LogP contribution is -2.03. The van der Waals surface area contributed by atoms with Crippen molar-refractivity contribution in [1.82, 2.24) is 9.55 Å². The topological polar surface area (TPSA) is 98.3 Å². The molecule has 0 aliphatic heterocycles. The Morgan fingerprint density at radius 3 is 2.79 bits per heavy atom. The van der Waals surface area contributed by atoms with Crippen molar-refractivity contribution in [2.75, 3.05) is 0 Å². The molecular weight excluding hydrogens is 257 g/mol. The number of benzene rings is 1. The normalized spacial score (nSPS) is 10.4. The van der Waals surface area contributed by atoms with Crippen molar-refractivity contribution in [1.29, 1.82) is 0 Å². The third-order valence-corrected chi connectivity index (χ3v) is 2.44. The highest BCUT2D eigenvalue weighted by molar-refractivity contribution is 5.87. The maximum absolute atomic E-state index is 13.4. The number of hydrogen-bond acceptors (Lipinski definition) is 4. The van der Waals surface area contributed by atoms with Gasteiger partial charge in [0.05, 0.1) is 12.1 Å². The van der Waals surface area contributed by atoms with Crippen LogP contribution < -0.4 is 0 Å². The van der Waals surface area contributed by atoms with E-state index in [4.69, 9.17) is 5.11 Å². The van der Waals surface area contributed by atoms with Crippen LogP contribution in [0.1, 0.15) is 15.9 Å². The molecule has 7 nitrogen and oxygen atoms in total. The molecule has 1 aromatic carbocycles. The minimum Gasteiger partial charge on any atom is -0.478 e. The summed E-state index contributed by atoms with van der Waals surface area (Å²) in [5, 5.41) is 19.1. The summed E-state index contributed by atoms with van der Waals surface area (Å²) in [6, 6.07) is 3.67. The van der Waals surface area contributed by atoms with E-state index < -0.39 is 22.3 Å². The maximum atomic E-state index is 13.4. The molecule has 0 amide bonds. The van der Waals surface area contributed by atoms with Crippen LogP contribution in [-0.2, 0) is 6.54 Å². The molecule has 0 saturated carbocycles. The Kier molecular flexibility index (Phi) is 3.23. The summed E-state index contributed by atoms with van der Waals surface area (Å²) >= 11 is 0. The fraction of sp³-hybridized carbons (Fsp3) is 0.0909. The molecular formula is C11H8FN3O4. The van der Waals surface area contributed by atoms with Crippen molar-refractivity contribution in [3.8, 4) is 0 Å². The van der Waals surface area contributed by atoms with Crippen LogP contribution in [0.25, 0.3) is 0 Å². The zero-order valence-electron chi connectivity index (χ0n) is 9.49. The van der Waals surface area contributed by atoms with Gasteiger partial charge in [-0.3, -0.25) is 0 Å². The molecule has 98 valence electrons. The Labute approximate surface area is 106 Å². The number of imidazole rings is 1. The Bertz CT molecular complexity index is 653. The third-order valence-electron chi connectivity index (χ3n) is 2.44. The van der Waals surface area contributed by atoms with Gasteiger partial charge in [-0.2, -0.15) is 0 Å². The molecule has 0 atom stereocenters. The van der Waals surface area contributed by atoms with Crippen LogP contribution in [0.3, 0.4) is 0 Å². The van der Waals surface area contributed by atoms with Gasteiger partial charge < -0.3 is 19.8 Å². The zero-order valence-corrected chi connectivity index (χ0v) is 9.49. The number of rotatable bonds is 4. The van der Waals surface area contributed by atoms with E-state index in [1.165, 1.54) is 23.2 Å². The number of carboxylic acid groups (broad SMARTS) is 1. The van der Waals surface area contributed by atoms with E-state index >= 15 is 0 Å². The van der Waals surface area contributed by atoms with Crippen molar-refractivity contribution in [2.45, 2.75) is 6.54 Å². The molecule has 8 heteroatoms. The largest absolute Gasteiger partial charge is 0.478 e. The maximum Gasteiger partial charge on any atom is 0.381 e. The Balaban J connectivity index is 2.21. The molecule has 0 aliphatic rings. The number of carbonyl (C=O) groups is 1. The van der Waals surface area contributed by atoms with Crippen LogP contribution in [0.2, 0.25) is 0 Å². The molecule has 0 saturated heterocycles. The van der Waals surface area contributed by atoms with Crippen molar-refractivity contribution >= 4 is 11.8 Å². The summed E-state index contributed by atoms with van der Waals surface area (Å²) in [4.78, 5) is 24.0. The van der Waals surface area contributed by atoms with Crippen LogP contribution >= 0.6 is 0 Å². The summed E-state index contributed by atoms with van der Waals surface area (Å²) in [6.45, 7) is 0.164. The van der Waals surface area contributed by atoms with E-state index in [2.05, 4.69) is 4.98 Å². The van der Waals surface area contributed by atoms with Gasteiger partial charge in [-0.25, -0.2) is 9.18 Å². The van der Waals surface area contributed by atoms with E-state index in [1.807, 2.05) is 0 Å². The molecule has 0 spiro atoms. The van der Waals surface area contributed by atoms with Gasteiger partial charge in [0.1, 0.15) is 12.0 Å². The molecule has 2 rings (SSSR count). The summed E-state index contributed by atoms with van der Waals surface area (Å²) in [5.41, 5.74) is 0.0650. The zero-order chi connectivity index (χ0) is 14.0. The number of nitro groups is 1. The molecule has 0 aliphatic carbocycles. The molecule has 2 aromatic rings. The highest BCUT2D eigenvalue weighted by Crippen LogP contribution is 2.13. The van der Waals surface area contributed by atoms with Gasteiger partial charge in [0.25, 0.3) is 0 Å². The van der Waals surface area contributed by atoms with Gasteiger partial charge in [0, 0.05) is 0 Å². The lowest BCUT2D eigenvalue weighted by Gasteiger charge is -2.03. The van der Waals surface area contributed by atoms with E-state index in [-0.39, 0.29) is 12.4 Å². The highest BCUT2D eigenvalue weighted by Gasteiger charge is 2.12. The number of carboxylic acids is 1. The Morgan fingerprint density at radius 2 is 2.26 bits per heavy atom. The predicted octanol–water partition coefficient (Wildman–Crippen LogP) is 1.68. The monoisotopic (exact) mass is 265 g/mol. The van der Waals surface area contributed by atoms with Crippen LogP contribution in [0.5, 0.6) is 0 Å². The first-order valence-electron chi connectivity index (χ1n) is 5.15. The minimum atomic E-state index is -1.35. The van der Waals surface area contributed by atoms with Gasteiger partial charge in [0.15, 0.2) is 0 Å². The average Bonchev–Trinajstić information content (AvgIpc) is 2.77. The van der Waals surface area contributed by atoms with E-state index in [1.54, 1.807) is 0 Å². The Morgan fingerprint density at radius 1 is 1.53 bits per heavy atom. The quantitative estimate of drug-likeness (QED) is 0.669. The van der Waals surface area contributed by atoms with Gasteiger partial charge in [-0.05, 0) is 27.6 Å². The molecule has 19 heavy (non-hydrogen) atoms. The van der Waals surface area contributed by atoms with Gasteiger partial charge in [0.2, 0.25) is 6.33 Å². The van der Waals surface area contributed by atoms with Crippen molar-refractivity contribution < 1.29 is 19.2 Å². The van der Waals surface area contributed by atoms with E-state index in [0.717, 1.165) is 12.1 Å². The smallest absolute Gasteiger partial charge is 0.381 e. The molecule has 1 N–H and O–H groups in total. The average molecular weight is 265 g/mol. The summed E-state index contributed by atoms with van der Waals surface area (Å²) in [6.07, 6.45) is 2.46. The van der Waals surface area contributed by atoms with Crippen LogP contribution in [0.15, 0.2) is 30.7 Å². The lowest BCUT2D eigenvalue weighted by molar-refractivity contribution is -0.389. The van der Waals surface area contributed by atoms with Crippen molar-refractivity contribution in [3.63, 3.8) is 0 Å². The van der Waals surface area contributed by atoms with Gasteiger partial charge in [-0.15, -0.1) is 0 Å². The van der Waals surface area contributed by atoms with Crippen LogP contribution in [0.4, 0.5) is 10.2 Å². The van der Waals surface area contributed by atoms with E-state index in [0.29, 0.717) is 5.56 Å². The first-order chi connectivity index (χ1) is 8.97. The lowest BCUT2D eigenvalue weighted by atomic mass is 10.1. The fourth-order valence-electron chi connectivity index (χ4n) is 1.57. The summed E-state index contributed by atoms with van der Waals surface area (Å²) in [7, 11) is 0. The van der Waals surface area contributed by atoms with Crippen LogP contribution in [0, 0.1) is 15.9 Å². The molecule has 0 unspecified atom stereocenters. The first kappa shape index (κ1) is 12.7. The predicted molar refractivity (Wildman–Crippen MR) is 61.3 cm³/mol. The minimum absolute atomic E-state index is 0.164. The van der Waals surface area contributed by atoms with Gasteiger partial charge in [-0.1, -0.05) is 6.07 Å². The SMILES string of the molecule is O=C(O)c1ccc(Cn2cnc([N+](=O)[O-])c2)cc1F. The molecule has 1 aromatic heterocycles. The number of aromatic nitrogens is 2. The van der Waals surface area contributed by atoms with Crippen molar-refractivity contribution in [2.24, 2.45) is 0 Å². The fourth-order valence-corrected chi connectivity index (χ4v) is 1.57. The third kappa shape index (κ3) is 2.73. The Hall–Kier alpha value is -2.77. The highest BCUT2D eigenvalue weighted by atomic mass is 19.1. The first-order valence-corrected chi connectivity index (χ1v) is 5.15. The van der Waals surface area contributed by atoms with Crippen molar-refractivity contribution in [3.05, 3.63) is 57.8 Å². The standard InChI is InChI=1S/C11H8FN3O4/c12-9-3-7(1-2-8(9)11(16)17)4-14-5-10(13-6-14)15(18)19/h1-3,5-6H,4H2,(H,16,17). The number of hydrogen-bond donors (Lipinski definition) is 1. The second kappa shape index (κ2) is 4.84. The molecule has 0 fully saturated rings.